The predicted octanol–water partition coefficient (Wildman–Crippen LogP) is 5.09. The molecule has 13 heteroatoms. The van der Waals surface area contributed by atoms with Crippen LogP contribution in [0.25, 0.3) is 5.69 Å². The minimum atomic E-state index is -0.635. The molecule has 4 rings (SSSR count). The van der Waals surface area contributed by atoms with Gasteiger partial charge >= 0.3 is 6.09 Å². The van der Waals surface area contributed by atoms with Gasteiger partial charge < -0.3 is 20.6 Å². The van der Waals surface area contributed by atoms with Gasteiger partial charge in [0.05, 0.1) is 40.6 Å². The summed E-state index contributed by atoms with van der Waals surface area (Å²) in [5.41, 5.74) is 0.154. The van der Waals surface area contributed by atoms with Gasteiger partial charge in [-0.2, -0.15) is 10.4 Å². The number of ether oxygens (including phenoxy) is 1. The number of hydrogen-bond acceptors (Lipinski definition) is 8. The van der Waals surface area contributed by atoms with Crippen molar-refractivity contribution in [3.63, 3.8) is 0 Å². The fraction of sp³-hybridized carbons (Fsp3) is 0.400. The molecule has 0 aliphatic heterocycles. The number of halogens is 2. The molecule has 38 heavy (non-hydrogen) atoms. The highest BCUT2D eigenvalue weighted by molar-refractivity contribution is 6.39. The van der Waals surface area contributed by atoms with E-state index in [0.29, 0.717) is 23.8 Å². The number of anilines is 3. The monoisotopic (exact) mass is 538 g/mol. The van der Waals surface area contributed by atoms with E-state index in [1.807, 2.05) is 13.0 Å². The van der Waals surface area contributed by atoms with Gasteiger partial charge in [-0.25, -0.2) is 18.9 Å². The molecule has 0 aromatic carbocycles. The lowest BCUT2D eigenvalue weighted by Crippen LogP contribution is -2.52. The molecular weight excluding hydrogens is 510 g/mol. The van der Waals surface area contributed by atoms with Gasteiger partial charge in [-0.3, -0.25) is 4.98 Å². The molecule has 0 spiro atoms. The lowest BCUT2D eigenvalue weighted by atomic mass is 9.57. The van der Waals surface area contributed by atoms with Gasteiger partial charge in [-0.1, -0.05) is 18.5 Å². The first-order valence-electron chi connectivity index (χ1n) is 12.3. The number of pyridine rings is 2. The Balaban J connectivity index is 1.53. The number of nitrogens with one attached hydrogen (secondary N) is 3. The lowest BCUT2D eigenvalue weighted by Gasteiger charge is -2.47. The van der Waals surface area contributed by atoms with Crippen molar-refractivity contribution >= 4 is 42.4 Å². The average molecular weight is 539 g/mol. The molecule has 1 amide bonds. The van der Waals surface area contributed by atoms with E-state index in [4.69, 9.17) is 16.3 Å². The van der Waals surface area contributed by atoms with Gasteiger partial charge in [0.2, 0.25) is 7.41 Å². The van der Waals surface area contributed by atoms with Crippen LogP contribution in [0, 0.1) is 17.1 Å². The van der Waals surface area contributed by atoms with Gasteiger partial charge in [0.15, 0.2) is 17.5 Å². The van der Waals surface area contributed by atoms with Crippen LogP contribution in [0.5, 0.6) is 0 Å². The molecule has 3 N–H and O–H groups in total. The number of carbonyl (C=O) groups excluding carboxylic acids is 1. The van der Waals surface area contributed by atoms with E-state index in [9.17, 15) is 10.1 Å². The summed E-state index contributed by atoms with van der Waals surface area (Å²) in [7, 11) is 0.348. The normalized spacial score (nSPS) is 15.0. The van der Waals surface area contributed by atoms with E-state index in [1.165, 1.54) is 6.20 Å². The molecule has 0 unspecified atom stereocenters. The van der Waals surface area contributed by atoms with Crippen molar-refractivity contribution < 1.29 is 13.9 Å². The number of aromatic nitrogens is 4. The number of amides is 1. The van der Waals surface area contributed by atoms with Crippen LogP contribution in [0.1, 0.15) is 52.5 Å². The maximum atomic E-state index is 15.1. The van der Waals surface area contributed by atoms with E-state index in [-0.39, 0.29) is 23.0 Å². The summed E-state index contributed by atoms with van der Waals surface area (Å²) >= 11 is 5.97. The van der Waals surface area contributed by atoms with E-state index >= 15 is 4.39 Å². The summed E-state index contributed by atoms with van der Waals surface area (Å²) < 4.78 is 22.0. The third-order valence-electron chi connectivity index (χ3n) is 6.41. The van der Waals surface area contributed by atoms with Crippen molar-refractivity contribution in [1.82, 2.24) is 25.0 Å². The molecule has 0 radical (unpaired) electrons. The van der Waals surface area contributed by atoms with Crippen LogP contribution < -0.4 is 15.9 Å². The smallest absolute Gasteiger partial charge is 0.395 e. The zero-order valence-electron chi connectivity index (χ0n) is 21.7. The van der Waals surface area contributed by atoms with Crippen LogP contribution in [0.2, 0.25) is 10.8 Å². The van der Waals surface area contributed by atoms with E-state index < -0.39 is 23.1 Å². The Morgan fingerprint density at radius 2 is 2.05 bits per heavy atom. The quantitative estimate of drug-likeness (QED) is 0.338. The van der Waals surface area contributed by atoms with Crippen LogP contribution in [0.4, 0.5) is 26.5 Å². The molecule has 10 nitrogen and oxygen atoms in total. The summed E-state index contributed by atoms with van der Waals surface area (Å²) in [6, 6.07) is 4.90. The number of rotatable bonds is 8. The van der Waals surface area contributed by atoms with Gasteiger partial charge in [-0.05, 0) is 58.0 Å². The average Bonchev–Trinajstić information content (AvgIpc) is 3.27. The second-order valence-electron chi connectivity index (χ2n) is 10.4. The fourth-order valence-corrected chi connectivity index (χ4v) is 4.37. The molecular formula is C25H29BClFN8O2. The standard InChI is InChI=1S/C25H29BClFN8O2/c1-15(26-35-23(37)38-24(2,3)4)25(6-5-7-25)34-22-20(28)8-16(10-29)21(33-22)32-18-9-19(13-30-12-18)36-14-17(27)11-31-36/h8-9,11-15,26H,5-7H2,1-4H3,(H,35,37)(H2,32,33,34)/t15-/m0/s1. The molecule has 3 aromatic rings. The molecule has 1 aliphatic rings. The Morgan fingerprint density at radius 3 is 2.66 bits per heavy atom. The van der Waals surface area contributed by atoms with Gasteiger partial charge in [0.1, 0.15) is 11.7 Å². The third-order valence-corrected chi connectivity index (χ3v) is 6.60. The Labute approximate surface area is 226 Å². The number of nitrogens with zero attached hydrogens (tertiary/aromatic N) is 5. The third kappa shape index (κ3) is 6.34. The van der Waals surface area contributed by atoms with Crippen molar-refractivity contribution in [2.45, 2.75) is 63.9 Å². The van der Waals surface area contributed by atoms with Gasteiger partial charge in [0, 0.05) is 11.7 Å². The Bertz CT molecular complexity index is 1370. The summed E-state index contributed by atoms with van der Waals surface area (Å²) in [5, 5.41) is 23.4. The Kier molecular flexibility index (Phi) is 7.78. The molecule has 1 saturated carbocycles. The summed E-state index contributed by atoms with van der Waals surface area (Å²) in [5.74, 6) is -0.469. The van der Waals surface area contributed by atoms with E-state index in [1.54, 1.807) is 50.1 Å². The first-order chi connectivity index (χ1) is 18.0. The van der Waals surface area contributed by atoms with Crippen molar-refractivity contribution in [3.8, 4) is 11.8 Å². The second-order valence-corrected chi connectivity index (χ2v) is 10.8. The van der Waals surface area contributed by atoms with Crippen molar-refractivity contribution in [2.24, 2.45) is 0 Å². The first kappa shape index (κ1) is 27.2. The number of nitriles is 1. The SMILES string of the molecule is C[C@H](BNC(=O)OC(C)(C)C)C1(Nc2nc(Nc3cncc(-n4cc(Cl)cn4)c3)c(C#N)cc2F)CCC1. The maximum absolute atomic E-state index is 15.1. The van der Waals surface area contributed by atoms with Crippen LogP contribution >= 0.6 is 11.6 Å². The van der Waals surface area contributed by atoms with Gasteiger partial charge in [0.25, 0.3) is 0 Å². The van der Waals surface area contributed by atoms with E-state index in [2.05, 4.69) is 30.9 Å². The highest BCUT2D eigenvalue weighted by Crippen LogP contribution is 2.44. The van der Waals surface area contributed by atoms with Crippen molar-refractivity contribution in [2.75, 3.05) is 10.6 Å². The second kappa shape index (κ2) is 10.9. The van der Waals surface area contributed by atoms with Gasteiger partial charge in [-0.15, -0.1) is 0 Å². The van der Waals surface area contributed by atoms with Crippen LogP contribution in [-0.4, -0.2) is 44.4 Å². The molecule has 0 bridgehead atoms. The molecule has 1 fully saturated rings. The summed E-state index contributed by atoms with van der Waals surface area (Å²) in [6.07, 6.45) is 8.35. The molecule has 0 saturated heterocycles. The zero-order valence-corrected chi connectivity index (χ0v) is 22.4. The predicted molar refractivity (Wildman–Crippen MR) is 145 cm³/mol. The zero-order chi connectivity index (χ0) is 27.5. The molecule has 3 heterocycles. The van der Waals surface area contributed by atoms with Crippen molar-refractivity contribution in [3.05, 3.63) is 53.3 Å². The minimum Gasteiger partial charge on any atom is -0.445 e. The van der Waals surface area contributed by atoms with Crippen molar-refractivity contribution in [1.29, 1.82) is 5.26 Å². The minimum absolute atomic E-state index is 0.0262. The Morgan fingerprint density at radius 1 is 1.29 bits per heavy atom. The summed E-state index contributed by atoms with van der Waals surface area (Å²) in [6.45, 7) is 7.39. The highest BCUT2D eigenvalue weighted by atomic mass is 35.5. The fourth-order valence-electron chi connectivity index (χ4n) is 4.24. The first-order valence-corrected chi connectivity index (χ1v) is 12.6. The molecule has 1 aliphatic carbocycles. The topological polar surface area (TPSA) is 130 Å². The number of carbonyl (C=O) groups is 1. The highest BCUT2D eigenvalue weighted by Gasteiger charge is 2.43. The largest absolute Gasteiger partial charge is 0.445 e. The number of hydrogen-bond donors (Lipinski definition) is 3. The summed E-state index contributed by atoms with van der Waals surface area (Å²) in [4.78, 5) is 20.8. The van der Waals surface area contributed by atoms with E-state index in [0.717, 1.165) is 25.3 Å². The van der Waals surface area contributed by atoms with Crippen LogP contribution in [-0.2, 0) is 4.74 Å². The lowest BCUT2D eigenvalue weighted by molar-refractivity contribution is 0.0567. The molecule has 1 atom stereocenters. The van der Waals surface area contributed by atoms with Crippen LogP contribution in [0.3, 0.4) is 0 Å². The molecule has 198 valence electrons. The molecule has 3 aromatic heterocycles. The van der Waals surface area contributed by atoms with Crippen LogP contribution in [0.15, 0.2) is 36.9 Å². The Hall–Kier alpha value is -3.85. The maximum Gasteiger partial charge on any atom is 0.395 e.